The van der Waals surface area contributed by atoms with Gasteiger partial charge in [-0.15, -0.1) is 0 Å². The highest BCUT2D eigenvalue weighted by Crippen LogP contribution is 2.30. The second-order valence-corrected chi connectivity index (χ2v) is 7.37. The van der Waals surface area contributed by atoms with Gasteiger partial charge in [0, 0.05) is 31.4 Å². The lowest BCUT2D eigenvalue weighted by molar-refractivity contribution is -0.384. The van der Waals surface area contributed by atoms with Crippen LogP contribution in [0.2, 0.25) is 0 Å². The smallest absolute Gasteiger partial charge is 0.309 e. The first-order valence-corrected chi connectivity index (χ1v) is 9.86. The second kappa shape index (κ2) is 8.43. The molecule has 28 heavy (non-hydrogen) atoms. The molecule has 1 saturated heterocycles. The molecule has 1 unspecified atom stereocenters. The zero-order valence-corrected chi connectivity index (χ0v) is 15.8. The van der Waals surface area contributed by atoms with Crippen molar-refractivity contribution in [3.8, 4) is 0 Å². The molecule has 0 spiro atoms. The molecule has 1 atom stereocenters. The summed E-state index contributed by atoms with van der Waals surface area (Å²) in [6, 6.07) is 13.4. The van der Waals surface area contributed by atoms with E-state index in [9.17, 15) is 10.1 Å². The molecule has 148 valence electrons. The van der Waals surface area contributed by atoms with Gasteiger partial charge >= 0.3 is 5.69 Å². The Kier molecular flexibility index (Phi) is 5.57. The van der Waals surface area contributed by atoms with Crippen LogP contribution in [0, 0.1) is 16.0 Å². The third kappa shape index (κ3) is 4.01. The summed E-state index contributed by atoms with van der Waals surface area (Å²) in [5.41, 5.74) is 1.95. The van der Waals surface area contributed by atoms with Crippen molar-refractivity contribution in [3.63, 3.8) is 0 Å². The molecule has 8 nitrogen and oxygen atoms in total. The first-order valence-electron chi connectivity index (χ1n) is 9.86. The Morgan fingerprint density at radius 1 is 1.18 bits per heavy atom. The lowest BCUT2D eigenvalue weighted by atomic mass is 9.99. The van der Waals surface area contributed by atoms with E-state index in [2.05, 4.69) is 16.0 Å². The molecule has 4 rings (SSSR count). The van der Waals surface area contributed by atoms with Crippen molar-refractivity contribution < 1.29 is 4.92 Å². The minimum absolute atomic E-state index is 0.0573. The van der Waals surface area contributed by atoms with Crippen LogP contribution >= 0.6 is 0 Å². The maximum atomic E-state index is 11.5. The van der Waals surface area contributed by atoms with Gasteiger partial charge in [-0.05, 0) is 50.0 Å². The van der Waals surface area contributed by atoms with Crippen LogP contribution in [0.3, 0.4) is 0 Å². The predicted octanol–water partition coefficient (Wildman–Crippen LogP) is 2.38. The molecule has 2 aliphatic heterocycles. The van der Waals surface area contributed by atoms with Crippen molar-refractivity contribution in [2.75, 3.05) is 43.4 Å². The first kappa shape index (κ1) is 18.5. The summed E-state index contributed by atoms with van der Waals surface area (Å²) >= 11 is 0. The predicted molar refractivity (Wildman–Crippen MR) is 110 cm³/mol. The van der Waals surface area contributed by atoms with Crippen LogP contribution in [0.15, 0.2) is 47.5 Å². The highest BCUT2D eigenvalue weighted by atomic mass is 16.6. The van der Waals surface area contributed by atoms with Crippen molar-refractivity contribution in [3.05, 3.63) is 58.1 Å². The van der Waals surface area contributed by atoms with E-state index in [1.54, 1.807) is 12.1 Å². The number of benzene rings is 1. The van der Waals surface area contributed by atoms with Crippen molar-refractivity contribution in [1.29, 1.82) is 0 Å². The summed E-state index contributed by atoms with van der Waals surface area (Å²) in [5, 5.41) is 21.5. The molecule has 2 aliphatic rings. The molecule has 1 aromatic heterocycles. The van der Waals surface area contributed by atoms with Gasteiger partial charge in [0.15, 0.2) is 5.82 Å². The third-order valence-electron chi connectivity index (χ3n) is 5.47. The molecule has 0 saturated carbocycles. The molecule has 0 amide bonds. The fourth-order valence-corrected chi connectivity index (χ4v) is 3.92. The molecule has 2 aromatic rings. The van der Waals surface area contributed by atoms with Gasteiger partial charge in [0.1, 0.15) is 5.49 Å². The van der Waals surface area contributed by atoms with E-state index in [1.807, 2.05) is 34.9 Å². The average Bonchev–Trinajstić information content (AvgIpc) is 3.16. The van der Waals surface area contributed by atoms with E-state index < -0.39 is 0 Å². The molecule has 8 heteroatoms. The Balaban J connectivity index is 1.60. The van der Waals surface area contributed by atoms with E-state index in [-0.39, 0.29) is 16.7 Å². The largest absolute Gasteiger partial charge is 0.383 e. The van der Waals surface area contributed by atoms with Crippen LogP contribution in [0.5, 0.6) is 0 Å². The molecule has 1 fully saturated rings. The number of hydrogen-bond donors (Lipinski definition) is 3. The number of rotatable bonds is 6. The number of fused-ring (bicyclic) bond motifs is 1. The van der Waals surface area contributed by atoms with Crippen LogP contribution in [-0.4, -0.2) is 42.2 Å². The van der Waals surface area contributed by atoms with Crippen molar-refractivity contribution >= 4 is 17.2 Å². The molecule has 0 radical (unpaired) electrons. The molecular weight excluding hydrogens is 356 g/mol. The van der Waals surface area contributed by atoms with Crippen molar-refractivity contribution in [2.45, 2.75) is 18.9 Å². The SMILES string of the molecule is O=[N+]([O-])c1ccc(=NCC2CCNCC2)n2c1NCC2CNc1ccccc1. The maximum absolute atomic E-state index is 11.5. The van der Waals surface area contributed by atoms with Crippen LogP contribution in [0.25, 0.3) is 0 Å². The van der Waals surface area contributed by atoms with E-state index in [1.165, 1.54) is 0 Å². The summed E-state index contributed by atoms with van der Waals surface area (Å²) in [6.07, 6.45) is 2.25. The lowest BCUT2D eigenvalue weighted by Gasteiger charge is -2.21. The highest BCUT2D eigenvalue weighted by Gasteiger charge is 2.29. The maximum Gasteiger partial charge on any atom is 0.309 e. The summed E-state index contributed by atoms with van der Waals surface area (Å²) in [4.78, 5) is 16.0. The molecule has 0 bridgehead atoms. The molecule has 3 N–H and O–H groups in total. The zero-order chi connectivity index (χ0) is 19.3. The molecule has 3 heterocycles. The lowest BCUT2D eigenvalue weighted by Crippen LogP contribution is -2.31. The van der Waals surface area contributed by atoms with Crippen molar-refractivity contribution in [1.82, 2.24) is 9.88 Å². The molecular formula is C20H26N6O2. The van der Waals surface area contributed by atoms with Crippen LogP contribution in [0.4, 0.5) is 17.2 Å². The van der Waals surface area contributed by atoms with Crippen LogP contribution < -0.4 is 21.4 Å². The summed E-state index contributed by atoms with van der Waals surface area (Å²) in [5.74, 6) is 1.12. The van der Waals surface area contributed by atoms with E-state index in [0.717, 1.165) is 43.7 Å². The Morgan fingerprint density at radius 2 is 1.96 bits per heavy atom. The number of aromatic nitrogens is 1. The van der Waals surface area contributed by atoms with E-state index >= 15 is 0 Å². The monoisotopic (exact) mass is 382 g/mol. The summed E-state index contributed by atoms with van der Waals surface area (Å²) < 4.78 is 2.00. The highest BCUT2D eigenvalue weighted by molar-refractivity contribution is 5.59. The quantitative estimate of drug-likeness (QED) is 0.526. The Labute approximate surface area is 163 Å². The standard InChI is InChI=1S/C20H26N6O2/c27-26(28)18-6-7-19(23-12-15-8-10-21-11-9-15)25-17(14-24-20(18)25)13-22-16-4-2-1-3-5-16/h1-7,15,17,21-22,24H,8-14H2. The normalized spacial score (nSPS) is 19.9. The minimum Gasteiger partial charge on any atom is -0.383 e. The number of nitro groups is 1. The Hall–Kier alpha value is -2.87. The van der Waals surface area contributed by atoms with Gasteiger partial charge in [-0.2, -0.15) is 0 Å². The zero-order valence-electron chi connectivity index (χ0n) is 15.8. The van der Waals surface area contributed by atoms with Gasteiger partial charge in [0.05, 0.1) is 11.0 Å². The number of nitrogens with one attached hydrogen (secondary N) is 3. The fraction of sp³-hybridized carbons (Fsp3) is 0.450. The van der Waals surface area contributed by atoms with Gasteiger partial charge in [-0.25, -0.2) is 0 Å². The number of anilines is 2. The fourth-order valence-electron chi connectivity index (χ4n) is 3.92. The number of nitrogens with zero attached hydrogens (tertiary/aromatic N) is 3. The average molecular weight is 382 g/mol. The van der Waals surface area contributed by atoms with Crippen molar-refractivity contribution in [2.24, 2.45) is 10.9 Å². The number of pyridine rings is 1. The Morgan fingerprint density at radius 3 is 2.71 bits per heavy atom. The van der Waals surface area contributed by atoms with Crippen LogP contribution in [-0.2, 0) is 0 Å². The summed E-state index contributed by atoms with van der Waals surface area (Å²) in [6.45, 7) is 4.15. The van der Waals surface area contributed by atoms with Gasteiger partial charge in [0.2, 0.25) is 0 Å². The van der Waals surface area contributed by atoms with Gasteiger partial charge < -0.3 is 20.5 Å². The van der Waals surface area contributed by atoms with Gasteiger partial charge in [-0.1, -0.05) is 18.2 Å². The van der Waals surface area contributed by atoms with E-state index in [4.69, 9.17) is 4.99 Å². The van der Waals surface area contributed by atoms with E-state index in [0.29, 0.717) is 24.8 Å². The number of piperidine rings is 1. The third-order valence-corrected chi connectivity index (χ3v) is 5.47. The van der Waals surface area contributed by atoms with Gasteiger partial charge in [-0.3, -0.25) is 15.1 Å². The second-order valence-electron chi connectivity index (χ2n) is 7.37. The van der Waals surface area contributed by atoms with Gasteiger partial charge in [0.25, 0.3) is 0 Å². The minimum atomic E-state index is -0.331. The Bertz CT molecular complexity index is 889. The van der Waals surface area contributed by atoms with Crippen LogP contribution in [0.1, 0.15) is 18.9 Å². The molecule has 0 aliphatic carbocycles. The topological polar surface area (TPSA) is 96.5 Å². The summed E-state index contributed by atoms with van der Waals surface area (Å²) in [7, 11) is 0. The first-order chi connectivity index (χ1) is 13.7. The number of hydrogen-bond acceptors (Lipinski definition) is 6. The number of para-hydroxylation sites is 1. The molecule has 1 aromatic carbocycles.